The Balaban J connectivity index is 2.67. The van der Waals surface area contributed by atoms with Gasteiger partial charge in [0.2, 0.25) is 0 Å². The van der Waals surface area contributed by atoms with Crippen LogP contribution in [0.25, 0.3) is 0 Å². The van der Waals surface area contributed by atoms with E-state index in [0.717, 1.165) is 8.07 Å². The predicted octanol–water partition coefficient (Wildman–Crippen LogP) is 3.15. The van der Waals surface area contributed by atoms with Crippen molar-refractivity contribution in [3.8, 4) is 12.1 Å². The first-order chi connectivity index (χ1) is 9.11. The van der Waals surface area contributed by atoms with Gasteiger partial charge in [0.25, 0.3) is 0 Å². The summed E-state index contributed by atoms with van der Waals surface area (Å²) >= 11 is 4.95. The zero-order valence-electron chi connectivity index (χ0n) is 9.59. The van der Waals surface area contributed by atoms with E-state index >= 15 is 0 Å². The Kier molecular flexibility index (Phi) is 4.56. The van der Waals surface area contributed by atoms with Gasteiger partial charge >= 0.3 is 129 Å². The topological polar surface area (TPSA) is 47.6 Å². The van der Waals surface area contributed by atoms with Gasteiger partial charge in [-0.1, -0.05) is 0 Å². The van der Waals surface area contributed by atoms with Crippen LogP contribution >= 0.6 is 26.9 Å². The zero-order chi connectivity index (χ0) is 13.9. The molecule has 0 aliphatic carbocycles. The molecule has 0 amide bonds. The van der Waals surface area contributed by atoms with Gasteiger partial charge in [-0.15, -0.1) is 0 Å². The molecular formula is C14H8Br2N2Pd-2. The van der Waals surface area contributed by atoms with Gasteiger partial charge in [0.1, 0.15) is 0 Å². The fraction of sp³-hybridized carbons (Fsp3) is 0. The number of hydrogen-bond donors (Lipinski definition) is 0. The first kappa shape index (κ1) is 14.5. The molecule has 2 aromatic carbocycles. The van der Waals surface area contributed by atoms with Crippen LogP contribution in [0.5, 0.6) is 0 Å². The molecule has 100 valence electrons. The normalized spacial score (nSPS) is 11.4. The van der Waals surface area contributed by atoms with Gasteiger partial charge in [-0.25, -0.2) is 0 Å². The van der Waals surface area contributed by atoms with Crippen LogP contribution in [0, 0.1) is 22.7 Å². The number of halogens is 2. The Hall–Kier alpha value is -0.958. The fourth-order valence-corrected chi connectivity index (χ4v) is 9.57. The Morgan fingerprint density at radius 2 is 1.11 bits per heavy atom. The molecule has 0 N–H and O–H groups in total. The van der Waals surface area contributed by atoms with E-state index in [1.807, 2.05) is 36.4 Å². The van der Waals surface area contributed by atoms with Gasteiger partial charge in [0.05, 0.1) is 0 Å². The monoisotopic (exact) mass is 468 g/mol. The summed E-state index contributed by atoms with van der Waals surface area (Å²) in [5, 5.41) is 18.4. The first-order valence-corrected chi connectivity index (χ1v) is 13.8. The summed E-state index contributed by atoms with van der Waals surface area (Å²) in [7, 11) is 0. The Morgan fingerprint density at radius 3 is 1.47 bits per heavy atom. The molecule has 0 aliphatic rings. The standard InChI is InChI=1S/2C7H4N.2BrH.Pd/c2*8-6-7-4-2-1-3-5-7;;;/h2*1-4H;2*1H;/p-2. The summed E-state index contributed by atoms with van der Waals surface area (Å²) in [6.07, 6.45) is 0. The Labute approximate surface area is 128 Å². The predicted molar refractivity (Wildman–Crippen MR) is 79.4 cm³/mol. The third-order valence-electron chi connectivity index (χ3n) is 2.36. The van der Waals surface area contributed by atoms with Crippen molar-refractivity contribution < 1.29 is 11.5 Å². The quantitative estimate of drug-likeness (QED) is 0.634. The maximum absolute atomic E-state index is 9.22. The molecule has 2 rings (SSSR count). The second-order valence-corrected chi connectivity index (χ2v) is 19.8. The molecule has 2 aromatic rings. The molecule has 0 aromatic heterocycles. The van der Waals surface area contributed by atoms with Crippen molar-refractivity contribution in [3.63, 3.8) is 0 Å². The Bertz CT molecular complexity index is 640. The molecule has 0 atom stereocenters. The van der Waals surface area contributed by atoms with Crippen molar-refractivity contribution in [1.29, 1.82) is 10.5 Å². The van der Waals surface area contributed by atoms with Crippen LogP contribution in [0.4, 0.5) is 0 Å². The molecule has 0 unspecified atom stereocenters. The summed E-state index contributed by atoms with van der Waals surface area (Å²) in [4.78, 5) is 0. The second-order valence-electron chi connectivity index (χ2n) is 3.48. The van der Waals surface area contributed by atoms with E-state index in [-0.39, 0.29) is 0 Å². The van der Waals surface area contributed by atoms with Crippen LogP contribution in [0.1, 0.15) is 11.1 Å². The van der Waals surface area contributed by atoms with E-state index < -0.39 is 11.5 Å². The molecule has 0 aliphatic heterocycles. The number of rotatable bonds is 2. The van der Waals surface area contributed by atoms with Crippen molar-refractivity contribution in [2.24, 2.45) is 0 Å². The zero-order valence-corrected chi connectivity index (χ0v) is 14.3. The van der Waals surface area contributed by atoms with Gasteiger partial charge in [0, 0.05) is 0 Å². The average molecular weight is 470 g/mol. The van der Waals surface area contributed by atoms with Gasteiger partial charge in [-0.2, -0.15) is 0 Å². The number of benzene rings is 2. The van der Waals surface area contributed by atoms with Crippen LogP contribution in [0.3, 0.4) is 0 Å². The molecule has 0 bridgehead atoms. The molecule has 0 saturated carbocycles. The van der Waals surface area contributed by atoms with Crippen molar-refractivity contribution >= 4 is 34.9 Å². The number of nitriles is 2. The van der Waals surface area contributed by atoms with Crippen molar-refractivity contribution in [2.75, 3.05) is 0 Å². The van der Waals surface area contributed by atoms with Gasteiger partial charge in [-0.3, -0.25) is 0 Å². The number of hydrogen-bond acceptors (Lipinski definition) is 2. The Morgan fingerprint density at radius 1 is 0.737 bits per heavy atom. The van der Waals surface area contributed by atoms with E-state index in [1.165, 1.54) is 0 Å². The van der Waals surface area contributed by atoms with Crippen molar-refractivity contribution in [1.82, 2.24) is 0 Å². The van der Waals surface area contributed by atoms with Gasteiger partial charge in [0.15, 0.2) is 0 Å². The van der Waals surface area contributed by atoms with Crippen LogP contribution in [0.2, 0.25) is 0 Å². The summed E-state index contributed by atoms with van der Waals surface area (Å²) in [5.74, 6) is 0. The van der Waals surface area contributed by atoms with Crippen molar-refractivity contribution in [2.45, 2.75) is 0 Å². The summed E-state index contributed by atoms with van der Waals surface area (Å²) in [5.41, 5.74) is 1.25. The van der Waals surface area contributed by atoms with E-state index in [9.17, 15) is 10.5 Å². The molecule has 0 spiro atoms. The second kappa shape index (κ2) is 6.00. The maximum atomic E-state index is 9.22. The first-order valence-electron chi connectivity index (χ1n) is 5.16. The van der Waals surface area contributed by atoms with Crippen LogP contribution < -0.4 is 8.07 Å². The average Bonchev–Trinajstić information content (AvgIpc) is 2.47. The molecule has 5 heteroatoms. The molecule has 2 nitrogen and oxygen atoms in total. The minimum atomic E-state index is -2.54. The molecular weight excluding hydrogens is 462 g/mol. The molecule has 0 fully saturated rings. The van der Waals surface area contributed by atoms with Crippen molar-refractivity contribution in [3.05, 3.63) is 59.7 Å². The summed E-state index contributed by atoms with van der Waals surface area (Å²) in [6.45, 7) is 0. The summed E-state index contributed by atoms with van der Waals surface area (Å²) < 4.78 is 1.86. The molecule has 19 heavy (non-hydrogen) atoms. The minimum absolute atomic E-state index is 0.626. The van der Waals surface area contributed by atoms with E-state index in [1.54, 1.807) is 12.1 Å². The third-order valence-corrected chi connectivity index (χ3v) is 12.2. The SMILES string of the molecule is N#Cc1cccc[c]1[Pd-2]([Br])([Br])[c]1ccccc1C#N. The molecule has 0 radical (unpaired) electrons. The molecule has 0 saturated heterocycles. The van der Waals surface area contributed by atoms with Crippen LogP contribution in [-0.4, -0.2) is 0 Å². The van der Waals surface area contributed by atoms with E-state index in [2.05, 4.69) is 39.0 Å². The van der Waals surface area contributed by atoms with E-state index in [4.69, 9.17) is 0 Å². The number of nitrogens with zero attached hydrogens (tertiary/aromatic N) is 2. The summed E-state index contributed by atoms with van der Waals surface area (Å²) in [6, 6.07) is 19.3. The fourth-order valence-electron chi connectivity index (χ4n) is 1.51. The van der Waals surface area contributed by atoms with E-state index in [0.29, 0.717) is 11.1 Å². The van der Waals surface area contributed by atoms with Gasteiger partial charge in [-0.05, 0) is 0 Å². The third kappa shape index (κ3) is 2.81. The van der Waals surface area contributed by atoms with Crippen LogP contribution in [-0.2, 0) is 11.5 Å². The molecule has 0 heterocycles. The van der Waals surface area contributed by atoms with Gasteiger partial charge < -0.3 is 0 Å². The van der Waals surface area contributed by atoms with Crippen LogP contribution in [0.15, 0.2) is 48.5 Å².